The minimum atomic E-state index is -3.37. The molecule has 0 radical (unpaired) electrons. The number of benzene rings is 2. The maximum absolute atomic E-state index is 11.8. The van der Waals surface area contributed by atoms with Gasteiger partial charge in [-0.3, -0.25) is 4.72 Å². The number of carboxylic acids is 1. The Labute approximate surface area is 206 Å². The molecule has 1 aliphatic rings. The lowest BCUT2D eigenvalue weighted by Gasteiger charge is -2.41. The van der Waals surface area contributed by atoms with Gasteiger partial charge in [0.05, 0.1) is 42.0 Å². The van der Waals surface area contributed by atoms with Crippen molar-refractivity contribution in [2.24, 2.45) is 0 Å². The van der Waals surface area contributed by atoms with E-state index in [1.807, 2.05) is 59.4 Å². The summed E-state index contributed by atoms with van der Waals surface area (Å²) < 4.78 is 33.0. The molecule has 0 aliphatic carbocycles. The van der Waals surface area contributed by atoms with Crippen LogP contribution in [-0.2, 0) is 10.0 Å². The van der Waals surface area contributed by atoms with Crippen LogP contribution in [0.3, 0.4) is 0 Å². The molecule has 1 fully saturated rings. The highest BCUT2D eigenvalue weighted by atomic mass is 32.2. The van der Waals surface area contributed by atoms with E-state index >= 15 is 0 Å². The predicted octanol–water partition coefficient (Wildman–Crippen LogP) is 3.94. The third-order valence-corrected chi connectivity index (χ3v) is 6.98. The van der Waals surface area contributed by atoms with Crippen LogP contribution < -0.4 is 14.4 Å². The van der Waals surface area contributed by atoms with E-state index in [9.17, 15) is 18.3 Å². The Morgan fingerprint density at radius 2 is 1.83 bits per heavy atom. The molecule has 5 rings (SSSR count). The lowest BCUT2D eigenvalue weighted by molar-refractivity contribution is 0.0697. The number of rotatable bonds is 8. The molecule has 2 aromatic heterocycles. The Hall–Kier alpha value is -3.83. The standard InChI is InChI=1S/C24H22N4O5S2/c1-35(31,32)26-24-25-20(15-34-24)16-7-9-17(10-8-16)33-18-13-28(14-18)21-6-4-5-19(23(29)30)22(21)27-11-2-3-12-27/h2-12,15,18H,13-14H2,1H3,(H,25,26)(H,29,30). The van der Waals surface area contributed by atoms with Crippen LogP contribution in [0.25, 0.3) is 16.9 Å². The first kappa shape index (κ1) is 22.9. The highest BCUT2D eigenvalue weighted by Gasteiger charge is 2.31. The van der Waals surface area contributed by atoms with Crippen LogP contribution in [0.1, 0.15) is 10.4 Å². The number of para-hydroxylation sites is 1. The molecule has 11 heteroatoms. The number of anilines is 2. The minimum absolute atomic E-state index is 0.0308. The van der Waals surface area contributed by atoms with Crippen molar-refractivity contribution in [3.8, 4) is 22.7 Å². The highest BCUT2D eigenvalue weighted by Crippen LogP contribution is 2.33. The summed E-state index contributed by atoms with van der Waals surface area (Å²) in [5, 5.41) is 11.8. The zero-order chi connectivity index (χ0) is 24.6. The molecule has 2 N–H and O–H groups in total. The van der Waals surface area contributed by atoms with E-state index in [1.54, 1.807) is 17.5 Å². The number of hydrogen-bond acceptors (Lipinski definition) is 7. The molecule has 4 aromatic rings. The zero-order valence-corrected chi connectivity index (χ0v) is 20.3. The molecule has 2 aromatic carbocycles. The van der Waals surface area contributed by atoms with Crippen molar-refractivity contribution in [3.63, 3.8) is 0 Å². The fourth-order valence-corrected chi connectivity index (χ4v) is 5.50. The van der Waals surface area contributed by atoms with Crippen molar-refractivity contribution in [1.82, 2.24) is 9.55 Å². The molecule has 0 amide bonds. The molecule has 0 atom stereocenters. The van der Waals surface area contributed by atoms with Gasteiger partial charge in [-0.1, -0.05) is 6.07 Å². The largest absolute Gasteiger partial charge is 0.487 e. The summed E-state index contributed by atoms with van der Waals surface area (Å²) in [5.41, 5.74) is 3.26. The molecule has 0 bridgehead atoms. The Morgan fingerprint density at radius 1 is 1.11 bits per heavy atom. The number of aromatic nitrogens is 2. The number of carboxylic acid groups (broad SMARTS) is 1. The van der Waals surface area contributed by atoms with E-state index in [1.165, 1.54) is 11.3 Å². The topological polar surface area (TPSA) is 114 Å². The van der Waals surface area contributed by atoms with Gasteiger partial charge in [-0.2, -0.15) is 0 Å². The average molecular weight is 511 g/mol. The average Bonchev–Trinajstić information content (AvgIpc) is 3.47. The van der Waals surface area contributed by atoms with Gasteiger partial charge in [-0.25, -0.2) is 18.2 Å². The van der Waals surface area contributed by atoms with Crippen LogP contribution in [0.4, 0.5) is 10.8 Å². The fourth-order valence-electron chi connectivity index (χ4n) is 3.93. The second kappa shape index (κ2) is 9.08. The molecule has 1 aliphatic heterocycles. The third-order valence-electron chi connectivity index (χ3n) is 5.53. The Morgan fingerprint density at radius 3 is 2.49 bits per heavy atom. The summed E-state index contributed by atoms with van der Waals surface area (Å²) in [6.45, 7) is 1.26. The van der Waals surface area contributed by atoms with Crippen LogP contribution in [0.15, 0.2) is 72.4 Å². The van der Waals surface area contributed by atoms with Gasteiger partial charge in [-0.05, 0) is 48.5 Å². The number of thiazole rings is 1. The van der Waals surface area contributed by atoms with E-state index in [-0.39, 0.29) is 11.7 Å². The molecule has 0 spiro atoms. The van der Waals surface area contributed by atoms with Crippen molar-refractivity contribution in [1.29, 1.82) is 0 Å². The van der Waals surface area contributed by atoms with Crippen molar-refractivity contribution >= 4 is 38.1 Å². The number of aromatic carboxylic acids is 1. The molecule has 0 unspecified atom stereocenters. The molecular weight excluding hydrogens is 488 g/mol. The monoisotopic (exact) mass is 510 g/mol. The minimum Gasteiger partial charge on any atom is -0.487 e. The molecule has 1 saturated heterocycles. The predicted molar refractivity (Wildman–Crippen MR) is 135 cm³/mol. The summed E-state index contributed by atoms with van der Waals surface area (Å²) in [7, 11) is -3.37. The smallest absolute Gasteiger partial charge is 0.337 e. The lowest BCUT2D eigenvalue weighted by atomic mass is 10.1. The van der Waals surface area contributed by atoms with E-state index < -0.39 is 16.0 Å². The van der Waals surface area contributed by atoms with E-state index in [2.05, 4.69) is 14.6 Å². The Kier molecular flexibility index (Phi) is 5.95. The number of nitrogens with zero attached hydrogens (tertiary/aromatic N) is 3. The molecule has 0 saturated carbocycles. The molecule has 35 heavy (non-hydrogen) atoms. The number of hydrogen-bond donors (Lipinski definition) is 2. The molecule has 9 nitrogen and oxygen atoms in total. The van der Waals surface area contributed by atoms with E-state index in [4.69, 9.17) is 4.74 Å². The number of sulfonamides is 1. The molecule has 180 valence electrons. The van der Waals surface area contributed by atoms with Gasteiger partial charge in [-0.15, -0.1) is 11.3 Å². The van der Waals surface area contributed by atoms with Crippen molar-refractivity contribution < 1.29 is 23.1 Å². The normalized spacial score (nSPS) is 13.9. The van der Waals surface area contributed by atoms with Gasteiger partial charge < -0.3 is 19.3 Å². The first-order chi connectivity index (χ1) is 16.8. The van der Waals surface area contributed by atoms with Gasteiger partial charge in [0.2, 0.25) is 10.0 Å². The molecular formula is C24H22N4O5S2. The zero-order valence-electron chi connectivity index (χ0n) is 18.7. The quantitative estimate of drug-likeness (QED) is 0.369. The summed E-state index contributed by atoms with van der Waals surface area (Å²) in [6.07, 6.45) is 4.73. The Bertz CT molecular complexity index is 1460. The van der Waals surface area contributed by atoms with Gasteiger partial charge >= 0.3 is 5.97 Å². The van der Waals surface area contributed by atoms with Gasteiger partial charge in [0, 0.05) is 23.3 Å². The van der Waals surface area contributed by atoms with Gasteiger partial charge in [0.1, 0.15) is 11.9 Å². The summed E-state index contributed by atoms with van der Waals surface area (Å²) in [4.78, 5) is 18.2. The second-order valence-corrected chi connectivity index (χ2v) is 10.8. The van der Waals surface area contributed by atoms with Gasteiger partial charge in [0.25, 0.3) is 0 Å². The third kappa shape index (κ3) is 5.00. The summed E-state index contributed by atoms with van der Waals surface area (Å²) in [6, 6.07) is 16.5. The highest BCUT2D eigenvalue weighted by molar-refractivity contribution is 7.92. The second-order valence-electron chi connectivity index (χ2n) is 8.15. The van der Waals surface area contributed by atoms with Crippen LogP contribution in [0, 0.1) is 0 Å². The number of ether oxygens (including phenoxy) is 1. The fraction of sp³-hybridized carbons (Fsp3) is 0.167. The Balaban J connectivity index is 1.25. The summed E-state index contributed by atoms with van der Waals surface area (Å²) in [5.74, 6) is -0.253. The van der Waals surface area contributed by atoms with Crippen LogP contribution in [-0.4, -0.2) is 54.5 Å². The SMILES string of the molecule is CS(=O)(=O)Nc1nc(-c2ccc(OC3CN(c4cccc(C(=O)O)c4-n4cccc4)C3)cc2)cs1. The van der Waals surface area contributed by atoms with Crippen LogP contribution in [0.2, 0.25) is 0 Å². The lowest BCUT2D eigenvalue weighted by Crippen LogP contribution is -2.54. The van der Waals surface area contributed by atoms with Crippen molar-refractivity contribution in [2.75, 3.05) is 29.0 Å². The van der Waals surface area contributed by atoms with E-state index in [0.29, 0.717) is 35.4 Å². The van der Waals surface area contributed by atoms with Crippen molar-refractivity contribution in [2.45, 2.75) is 6.10 Å². The maximum atomic E-state index is 11.8. The first-order valence-electron chi connectivity index (χ1n) is 10.7. The number of carbonyl (C=O) groups is 1. The first-order valence-corrected chi connectivity index (χ1v) is 13.5. The maximum Gasteiger partial charge on any atom is 0.337 e. The summed E-state index contributed by atoms with van der Waals surface area (Å²) >= 11 is 1.22. The number of nitrogens with one attached hydrogen (secondary N) is 1. The molecule has 3 heterocycles. The van der Waals surface area contributed by atoms with E-state index in [0.717, 1.165) is 17.5 Å². The van der Waals surface area contributed by atoms with Crippen LogP contribution >= 0.6 is 11.3 Å². The van der Waals surface area contributed by atoms with Gasteiger partial charge in [0.15, 0.2) is 5.13 Å². The van der Waals surface area contributed by atoms with Crippen LogP contribution in [0.5, 0.6) is 5.75 Å². The van der Waals surface area contributed by atoms with Crippen molar-refractivity contribution in [3.05, 3.63) is 77.9 Å².